The van der Waals surface area contributed by atoms with Crippen LogP contribution in [0.2, 0.25) is 0 Å². The first kappa shape index (κ1) is 17.2. The van der Waals surface area contributed by atoms with Crippen LogP contribution in [0.5, 0.6) is 5.88 Å². The molecule has 0 fully saturated rings. The highest BCUT2D eigenvalue weighted by Gasteiger charge is 2.22. The van der Waals surface area contributed by atoms with Crippen molar-refractivity contribution in [2.75, 3.05) is 11.9 Å². The van der Waals surface area contributed by atoms with E-state index >= 15 is 0 Å². The molecule has 25 heavy (non-hydrogen) atoms. The molecule has 0 aliphatic carbocycles. The lowest BCUT2D eigenvalue weighted by Gasteiger charge is -2.07. The molecule has 2 heterocycles. The van der Waals surface area contributed by atoms with Crippen molar-refractivity contribution < 1.29 is 22.7 Å². The van der Waals surface area contributed by atoms with Crippen LogP contribution in [0.1, 0.15) is 22.2 Å². The molecule has 9 heteroatoms. The number of amides is 1. The van der Waals surface area contributed by atoms with Gasteiger partial charge in [-0.2, -0.15) is 0 Å². The summed E-state index contributed by atoms with van der Waals surface area (Å²) in [4.78, 5) is 21.4. The molecule has 0 aliphatic rings. The Labute approximate surface area is 144 Å². The van der Waals surface area contributed by atoms with E-state index in [1.54, 1.807) is 13.8 Å². The van der Waals surface area contributed by atoms with Crippen molar-refractivity contribution in [3.05, 3.63) is 46.4 Å². The van der Waals surface area contributed by atoms with Gasteiger partial charge in [-0.3, -0.25) is 4.79 Å². The number of anilines is 1. The Balaban J connectivity index is 1.99. The van der Waals surface area contributed by atoms with E-state index in [4.69, 9.17) is 4.74 Å². The Hall–Kier alpha value is -2.68. The van der Waals surface area contributed by atoms with E-state index in [9.17, 15) is 18.0 Å². The molecule has 0 radical (unpaired) electrons. The normalized spacial score (nSPS) is 10.9. The Bertz CT molecular complexity index is 975. The van der Waals surface area contributed by atoms with Gasteiger partial charge in [0, 0.05) is 0 Å². The second-order valence-corrected chi connectivity index (χ2v) is 6.02. The predicted octanol–water partition coefficient (Wildman–Crippen LogP) is 4.07. The lowest BCUT2D eigenvalue weighted by atomic mass is 10.2. The number of halogens is 3. The first-order valence-corrected chi connectivity index (χ1v) is 8.07. The third-order valence-corrected chi connectivity index (χ3v) is 4.66. The molecular formula is C16H12F3N3O2S. The third-order valence-electron chi connectivity index (χ3n) is 3.46. The van der Waals surface area contributed by atoms with Gasteiger partial charge in [0.25, 0.3) is 5.91 Å². The number of ether oxygens (including phenoxy) is 1. The topological polar surface area (TPSA) is 64.1 Å². The Kier molecular flexibility index (Phi) is 4.58. The minimum absolute atomic E-state index is 0.251. The fraction of sp³-hybridized carbons (Fsp3) is 0.188. The number of nitrogens with one attached hydrogen (secondary N) is 1. The van der Waals surface area contributed by atoms with Gasteiger partial charge in [0.15, 0.2) is 17.5 Å². The maximum atomic E-state index is 13.7. The van der Waals surface area contributed by atoms with Gasteiger partial charge in [-0.05, 0) is 31.5 Å². The highest BCUT2D eigenvalue weighted by atomic mass is 32.1. The molecule has 0 spiro atoms. The second kappa shape index (κ2) is 6.67. The number of aryl methyl sites for hydroxylation is 1. The van der Waals surface area contributed by atoms with Crippen LogP contribution in [0, 0.1) is 24.4 Å². The fourth-order valence-corrected chi connectivity index (χ4v) is 3.34. The molecule has 130 valence electrons. The standard InChI is InChI=1S/C16H12F3N3O2S/c1-3-24-15-10-7(2)13(25-16(10)21-6-20-15)14(23)22-9-5-4-8(17)11(18)12(9)19/h4-6H,3H2,1-2H3,(H,22,23). The summed E-state index contributed by atoms with van der Waals surface area (Å²) in [5, 5.41) is 2.84. The monoisotopic (exact) mass is 367 g/mol. The number of hydrogen-bond donors (Lipinski definition) is 1. The number of benzene rings is 1. The molecule has 0 atom stereocenters. The van der Waals surface area contributed by atoms with Crippen molar-refractivity contribution in [3.63, 3.8) is 0 Å². The average molecular weight is 367 g/mol. The Morgan fingerprint density at radius 1 is 1.24 bits per heavy atom. The molecule has 1 amide bonds. The summed E-state index contributed by atoms with van der Waals surface area (Å²) < 4.78 is 45.5. The third kappa shape index (κ3) is 3.02. The zero-order valence-corrected chi connectivity index (χ0v) is 14.0. The number of thiophene rings is 1. The summed E-state index contributed by atoms with van der Waals surface area (Å²) in [6.07, 6.45) is 1.32. The Morgan fingerprint density at radius 3 is 2.72 bits per heavy atom. The van der Waals surface area contributed by atoms with E-state index in [1.807, 2.05) is 0 Å². The van der Waals surface area contributed by atoms with Gasteiger partial charge in [-0.1, -0.05) is 0 Å². The summed E-state index contributed by atoms with van der Waals surface area (Å²) in [7, 11) is 0. The summed E-state index contributed by atoms with van der Waals surface area (Å²) in [6.45, 7) is 3.87. The molecule has 5 nitrogen and oxygen atoms in total. The van der Waals surface area contributed by atoms with Crippen LogP contribution in [0.4, 0.5) is 18.9 Å². The molecule has 0 saturated carbocycles. The van der Waals surface area contributed by atoms with Crippen LogP contribution in [-0.2, 0) is 0 Å². The lowest BCUT2D eigenvalue weighted by molar-refractivity contribution is 0.102. The van der Waals surface area contributed by atoms with E-state index in [-0.39, 0.29) is 4.88 Å². The van der Waals surface area contributed by atoms with Crippen LogP contribution >= 0.6 is 11.3 Å². The maximum Gasteiger partial charge on any atom is 0.266 e. The largest absolute Gasteiger partial charge is 0.477 e. The molecule has 3 rings (SSSR count). The molecule has 0 bridgehead atoms. The molecule has 1 N–H and O–H groups in total. The van der Waals surface area contributed by atoms with Crippen LogP contribution < -0.4 is 10.1 Å². The molecular weight excluding hydrogens is 355 g/mol. The SMILES string of the molecule is CCOc1ncnc2sc(C(=O)Nc3ccc(F)c(F)c3F)c(C)c12. The zero-order valence-electron chi connectivity index (χ0n) is 13.2. The smallest absolute Gasteiger partial charge is 0.266 e. The summed E-state index contributed by atoms with van der Waals surface area (Å²) >= 11 is 1.07. The van der Waals surface area contributed by atoms with Gasteiger partial charge in [0.2, 0.25) is 5.88 Å². The summed E-state index contributed by atoms with van der Waals surface area (Å²) in [5.41, 5.74) is 0.112. The summed E-state index contributed by atoms with van der Waals surface area (Å²) in [5.74, 6) is -4.74. The Morgan fingerprint density at radius 2 is 2.00 bits per heavy atom. The van der Waals surface area contributed by atoms with Gasteiger partial charge in [-0.15, -0.1) is 11.3 Å². The van der Waals surface area contributed by atoms with Crippen LogP contribution in [0.3, 0.4) is 0 Å². The maximum absolute atomic E-state index is 13.7. The van der Waals surface area contributed by atoms with Crippen molar-refractivity contribution in [2.24, 2.45) is 0 Å². The number of aromatic nitrogens is 2. The molecule has 0 unspecified atom stereocenters. The highest BCUT2D eigenvalue weighted by Crippen LogP contribution is 2.35. The number of nitrogens with zero attached hydrogens (tertiary/aromatic N) is 2. The van der Waals surface area contributed by atoms with Gasteiger partial charge < -0.3 is 10.1 Å². The van der Waals surface area contributed by atoms with E-state index in [0.29, 0.717) is 28.3 Å². The number of carbonyl (C=O) groups is 1. The van der Waals surface area contributed by atoms with Crippen molar-refractivity contribution in [3.8, 4) is 5.88 Å². The number of hydrogen-bond acceptors (Lipinski definition) is 5. The van der Waals surface area contributed by atoms with E-state index in [0.717, 1.165) is 23.5 Å². The van der Waals surface area contributed by atoms with Crippen molar-refractivity contribution in [1.82, 2.24) is 9.97 Å². The molecule has 1 aromatic carbocycles. The molecule has 3 aromatic rings. The van der Waals surface area contributed by atoms with Gasteiger partial charge in [-0.25, -0.2) is 23.1 Å². The lowest BCUT2D eigenvalue weighted by Crippen LogP contribution is -2.13. The predicted molar refractivity (Wildman–Crippen MR) is 87.6 cm³/mol. The first-order chi connectivity index (χ1) is 11.9. The van der Waals surface area contributed by atoms with Gasteiger partial charge in [0.05, 0.1) is 22.6 Å². The molecule has 0 aliphatic heterocycles. The van der Waals surface area contributed by atoms with E-state index in [2.05, 4.69) is 15.3 Å². The van der Waals surface area contributed by atoms with Crippen LogP contribution in [0.25, 0.3) is 10.2 Å². The highest BCUT2D eigenvalue weighted by molar-refractivity contribution is 7.20. The van der Waals surface area contributed by atoms with Crippen molar-refractivity contribution in [1.29, 1.82) is 0 Å². The quantitative estimate of drug-likeness (QED) is 0.706. The van der Waals surface area contributed by atoms with Crippen molar-refractivity contribution >= 4 is 33.1 Å². The minimum Gasteiger partial charge on any atom is -0.477 e. The van der Waals surface area contributed by atoms with Gasteiger partial charge in [0.1, 0.15) is 11.2 Å². The van der Waals surface area contributed by atoms with Gasteiger partial charge >= 0.3 is 0 Å². The van der Waals surface area contributed by atoms with E-state index in [1.165, 1.54) is 6.33 Å². The van der Waals surface area contributed by atoms with Crippen molar-refractivity contribution in [2.45, 2.75) is 13.8 Å². The van der Waals surface area contributed by atoms with E-state index < -0.39 is 29.0 Å². The molecule has 0 saturated heterocycles. The number of rotatable bonds is 4. The number of fused-ring (bicyclic) bond motifs is 1. The average Bonchev–Trinajstić information content (AvgIpc) is 2.94. The molecule has 2 aromatic heterocycles. The summed E-state index contributed by atoms with van der Waals surface area (Å²) in [6, 6.07) is 1.70. The minimum atomic E-state index is -1.64. The second-order valence-electron chi connectivity index (χ2n) is 5.03. The first-order valence-electron chi connectivity index (χ1n) is 7.25. The number of carbonyl (C=O) groups excluding carboxylic acids is 1. The van der Waals surface area contributed by atoms with Crippen LogP contribution in [-0.4, -0.2) is 22.5 Å². The fourth-order valence-electron chi connectivity index (χ4n) is 2.30. The van der Waals surface area contributed by atoms with Crippen LogP contribution in [0.15, 0.2) is 18.5 Å². The zero-order chi connectivity index (χ0) is 18.1.